The highest BCUT2D eigenvalue weighted by Crippen LogP contribution is 2.19. The molecule has 1 amide bonds. The van der Waals surface area contributed by atoms with Crippen LogP contribution in [0, 0.1) is 0 Å². The molecule has 0 aromatic heterocycles. The lowest BCUT2D eigenvalue weighted by Gasteiger charge is -2.12. The molecular weight excluding hydrogens is 398 g/mol. The van der Waals surface area contributed by atoms with Gasteiger partial charge in [-0.15, -0.1) is 0 Å². The maximum Gasteiger partial charge on any atom is 0.339 e. The van der Waals surface area contributed by atoms with Crippen molar-refractivity contribution in [2.75, 3.05) is 17.7 Å². The fraction of sp³-hybridized carbons (Fsp3) is 0.167. The van der Waals surface area contributed by atoms with Crippen molar-refractivity contribution in [3.8, 4) is 0 Å². The van der Waals surface area contributed by atoms with Crippen molar-refractivity contribution in [3.63, 3.8) is 0 Å². The minimum atomic E-state index is -1.29. The van der Waals surface area contributed by atoms with E-state index < -0.39 is 29.3 Å². The Morgan fingerprint density at radius 3 is 2.33 bits per heavy atom. The smallest absolute Gasteiger partial charge is 0.339 e. The molecule has 0 saturated heterocycles. The number of esters is 1. The first-order valence-electron chi connectivity index (χ1n) is 9.64. The Morgan fingerprint density at radius 1 is 0.900 bits per heavy atom. The molecule has 0 radical (unpaired) electrons. The van der Waals surface area contributed by atoms with Gasteiger partial charge in [0.2, 0.25) is 0 Å². The van der Waals surface area contributed by atoms with E-state index in [9.17, 15) is 13.8 Å². The van der Waals surface area contributed by atoms with Gasteiger partial charge in [0.15, 0.2) is 6.61 Å². The molecule has 154 valence electrons. The third kappa shape index (κ3) is 5.64. The van der Waals surface area contributed by atoms with Crippen LogP contribution >= 0.6 is 0 Å². The normalized spacial score (nSPS) is 11.5. The van der Waals surface area contributed by atoms with Crippen molar-refractivity contribution in [1.82, 2.24) is 0 Å². The van der Waals surface area contributed by atoms with Crippen LogP contribution in [-0.2, 0) is 26.8 Å². The first kappa shape index (κ1) is 21.5. The van der Waals surface area contributed by atoms with Gasteiger partial charge in [-0.25, -0.2) is 4.79 Å². The first-order chi connectivity index (χ1) is 14.6. The van der Waals surface area contributed by atoms with E-state index in [1.165, 1.54) is 0 Å². The summed E-state index contributed by atoms with van der Waals surface area (Å²) in [6.07, 6.45) is 0.674. The second kappa shape index (κ2) is 10.5. The van der Waals surface area contributed by atoms with Gasteiger partial charge in [-0.2, -0.15) is 0 Å². The predicted octanol–water partition coefficient (Wildman–Crippen LogP) is 4.20. The molecule has 0 bridgehead atoms. The number of carbonyl (C=O) groups is 2. The average molecular weight is 422 g/mol. The van der Waals surface area contributed by atoms with Gasteiger partial charge in [-0.1, -0.05) is 67.6 Å². The fourth-order valence-corrected chi connectivity index (χ4v) is 3.93. The third-order valence-corrected chi connectivity index (χ3v) is 5.85. The van der Waals surface area contributed by atoms with Crippen molar-refractivity contribution in [3.05, 3.63) is 95.6 Å². The van der Waals surface area contributed by atoms with Gasteiger partial charge in [0.25, 0.3) is 5.91 Å². The SMILES string of the molecule is CC[S@](=O)c1ccccc1C(=O)OCC(=O)Nc1ccccc1Cc1ccccc1. The van der Waals surface area contributed by atoms with E-state index in [0.29, 0.717) is 22.8 Å². The van der Waals surface area contributed by atoms with E-state index in [0.717, 1.165) is 11.1 Å². The largest absolute Gasteiger partial charge is 0.452 e. The van der Waals surface area contributed by atoms with Gasteiger partial charge in [-0.3, -0.25) is 9.00 Å². The molecule has 0 spiro atoms. The van der Waals surface area contributed by atoms with Crippen LogP contribution < -0.4 is 5.32 Å². The summed E-state index contributed by atoms with van der Waals surface area (Å²) in [5, 5.41) is 2.81. The van der Waals surface area contributed by atoms with Crippen molar-refractivity contribution in [2.45, 2.75) is 18.2 Å². The van der Waals surface area contributed by atoms with Crippen LogP contribution in [0.2, 0.25) is 0 Å². The van der Waals surface area contributed by atoms with Gasteiger partial charge >= 0.3 is 5.97 Å². The summed E-state index contributed by atoms with van der Waals surface area (Å²) in [5.41, 5.74) is 2.99. The Balaban J connectivity index is 1.63. The first-order valence-corrected chi connectivity index (χ1v) is 11.0. The number of para-hydroxylation sites is 1. The molecule has 30 heavy (non-hydrogen) atoms. The Labute approximate surface area is 178 Å². The molecule has 0 aliphatic carbocycles. The maximum absolute atomic E-state index is 12.4. The van der Waals surface area contributed by atoms with Crippen LogP contribution in [0.4, 0.5) is 5.69 Å². The van der Waals surface area contributed by atoms with E-state index in [2.05, 4.69) is 5.32 Å². The molecule has 3 aromatic rings. The van der Waals surface area contributed by atoms with Crippen LogP contribution in [0.5, 0.6) is 0 Å². The fourth-order valence-electron chi connectivity index (χ4n) is 3.00. The third-order valence-electron chi connectivity index (χ3n) is 4.48. The summed E-state index contributed by atoms with van der Waals surface area (Å²) in [6, 6.07) is 24.1. The highest BCUT2D eigenvalue weighted by Gasteiger charge is 2.17. The molecule has 1 N–H and O–H groups in total. The van der Waals surface area contributed by atoms with Gasteiger partial charge in [-0.05, 0) is 35.7 Å². The van der Waals surface area contributed by atoms with E-state index in [1.54, 1.807) is 31.2 Å². The van der Waals surface area contributed by atoms with Gasteiger partial charge in [0, 0.05) is 11.4 Å². The van der Waals surface area contributed by atoms with Gasteiger partial charge < -0.3 is 10.1 Å². The number of hydrogen-bond donors (Lipinski definition) is 1. The highest BCUT2D eigenvalue weighted by atomic mass is 32.2. The Kier molecular flexibility index (Phi) is 7.51. The lowest BCUT2D eigenvalue weighted by Crippen LogP contribution is -2.22. The molecule has 0 aliphatic heterocycles. The standard InChI is InChI=1S/C24H23NO4S/c1-2-30(28)22-15-9-7-13-20(22)24(27)29-17-23(26)25-21-14-8-6-12-19(21)16-18-10-4-3-5-11-18/h3-15H,2,16-17H2,1H3,(H,25,26)/t30-/m0/s1. The lowest BCUT2D eigenvalue weighted by atomic mass is 10.0. The van der Waals surface area contributed by atoms with Crippen LogP contribution in [-0.4, -0.2) is 28.4 Å². The number of carbonyl (C=O) groups excluding carboxylic acids is 2. The topological polar surface area (TPSA) is 72.5 Å². The maximum atomic E-state index is 12.4. The average Bonchev–Trinajstić information content (AvgIpc) is 2.79. The lowest BCUT2D eigenvalue weighted by molar-refractivity contribution is -0.119. The molecule has 1 atom stereocenters. The van der Waals surface area contributed by atoms with Crippen molar-refractivity contribution in [1.29, 1.82) is 0 Å². The molecule has 0 unspecified atom stereocenters. The Morgan fingerprint density at radius 2 is 1.57 bits per heavy atom. The number of ether oxygens (including phenoxy) is 1. The molecule has 3 aromatic carbocycles. The quantitative estimate of drug-likeness (QED) is 0.553. The number of nitrogens with one attached hydrogen (secondary N) is 1. The summed E-state index contributed by atoms with van der Waals surface area (Å²) in [7, 11) is -1.29. The molecule has 0 fully saturated rings. The Bertz CT molecular complexity index is 1050. The second-order valence-electron chi connectivity index (χ2n) is 6.57. The van der Waals surface area contributed by atoms with Crippen LogP contribution in [0.1, 0.15) is 28.4 Å². The second-order valence-corrected chi connectivity index (χ2v) is 8.28. The number of anilines is 1. The van der Waals surface area contributed by atoms with Crippen LogP contribution in [0.25, 0.3) is 0 Å². The van der Waals surface area contributed by atoms with Crippen LogP contribution in [0.3, 0.4) is 0 Å². The van der Waals surface area contributed by atoms with Gasteiger partial charge in [0.1, 0.15) is 0 Å². The van der Waals surface area contributed by atoms with E-state index in [-0.39, 0.29) is 5.56 Å². The van der Waals surface area contributed by atoms with Gasteiger partial charge in [0.05, 0.1) is 21.3 Å². The van der Waals surface area contributed by atoms with Crippen molar-refractivity contribution in [2.24, 2.45) is 0 Å². The summed E-state index contributed by atoms with van der Waals surface area (Å²) in [5.74, 6) is -0.707. The number of amides is 1. The zero-order valence-corrected chi connectivity index (χ0v) is 17.5. The highest BCUT2D eigenvalue weighted by molar-refractivity contribution is 7.85. The monoisotopic (exact) mass is 421 g/mol. The molecule has 3 rings (SSSR count). The molecule has 0 saturated carbocycles. The molecule has 0 heterocycles. The minimum Gasteiger partial charge on any atom is -0.452 e. The summed E-state index contributed by atoms with van der Waals surface area (Å²) < 4.78 is 17.3. The minimum absolute atomic E-state index is 0.218. The predicted molar refractivity (Wildman–Crippen MR) is 118 cm³/mol. The van der Waals surface area contributed by atoms with Crippen LogP contribution in [0.15, 0.2) is 83.8 Å². The van der Waals surface area contributed by atoms with E-state index in [1.807, 2.05) is 54.6 Å². The van der Waals surface area contributed by atoms with Crippen molar-refractivity contribution < 1.29 is 18.5 Å². The Hall–Kier alpha value is -3.25. The number of rotatable bonds is 8. The number of hydrogen-bond acceptors (Lipinski definition) is 4. The molecule has 5 nitrogen and oxygen atoms in total. The zero-order chi connectivity index (χ0) is 21.3. The molecular formula is C24H23NO4S. The summed E-state index contributed by atoms with van der Waals surface area (Å²) in [6.45, 7) is 1.35. The van der Waals surface area contributed by atoms with Crippen molar-refractivity contribution >= 4 is 28.4 Å². The van der Waals surface area contributed by atoms with E-state index >= 15 is 0 Å². The summed E-state index contributed by atoms with van der Waals surface area (Å²) >= 11 is 0. The van der Waals surface area contributed by atoms with E-state index in [4.69, 9.17) is 4.74 Å². The molecule has 6 heteroatoms. The summed E-state index contributed by atoms with van der Waals surface area (Å²) in [4.78, 5) is 25.2. The zero-order valence-electron chi connectivity index (χ0n) is 16.7. The molecule has 0 aliphatic rings. The number of benzene rings is 3.